The Morgan fingerprint density at radius 2 is 1.77 bits per heavy atom. The largest absolute Gasteiger partial charge is 0.203 e. The van der Waals surface area contributed by atoms with Gasteiger partial charge in [0.05, 0.1) is 0 Å². The zero-order valence-electron chi connectivity index (χ0n) is 8.20. The molecule has 0 aliphatic carbocycles. The zero-order chi connectivity index (χ0) is 10.0. The third-order valence-corrected chi connectivity index (χ3v) is 2.20. The Kier molecular flexibility index (Phi) is 3.02. The lowest BCUT2D eigenvalue weighted by Crippen LogP contribution is -2.00. The predicted molar refractivity (Wildman–Crippen MR) is 49.8 cm³/mol. The number of halogens is 2. The molecule has 0 spiro atoms. The van der Waals surface area contributed by atoms with Crippen molar-refractivity contribution in [1.29, 1.82) is 0 Å². The summed E-state index contributed by atoms with van der Waals surface area (Å²) < 4.78 is 26.6. The van der Waals surface area contributed by atoms with E-state index in [1.165, 1.54) is 0 Å². The predicted octanol–water partition coefficient (Wildman–Crippen LogP) is 3.65. The number of aryl methyl sites for hydroxylation is 1. The fourth-order valence-corrected chi connectivity index (χ4v) is 1.32. The van der Waals surface area contributed by atoms with Crippen LogP contribution in [0.5, 0.6) is 0 Å². The maximum atomic E-state index is 13.3. The average Bonchev–Trinajstić information content (AvgIpc) is 2.09. The van der Waals surface area contributed by atoms with Crippen LogP contribution in [0.25, 0.3) is 0 Å². The highest BCUT2D eigenvalue weighted by atomic mass is 19.2. The van der Waals surface area contributed by atoms with Crippen LogP contribution in [0.1, 0.15) is 37.8 Å². The molecule has 0 fully saturated rings. The zero-order valence-corrected chi connectivity index (χ0v) is 8.20. The lowest BCUT2D eigenvalue weighted by Gasteiger charge is -2.09. The fraction of sp³-hybridized carbons (Fsp3) is 0.455. The average molecular weight is 184 g/mol. The Hall–Kier alpha value is -0.920. The second-order valence-electron chi connectivity index (χ2n) is 3.45. The molecule has 0 amide bonds. The summed E-state index contributed by atoms with van der Waals surface area (Å²) in [6, 6.07) is 3.33. The summed E-state index contributed by atoms with van der Waals surface area (Å²) in [5.74, 6) is -1.34. The molecule has 0 atom stereocenters. The van der Waals surface area contributed by atoms with Gasteiger partial charge in [0.2, 0.25) is 0 Å². The molecule has 1 aromatic carbocycles. The van der Waals surface area contributed by atoms with Crippen molar-refractivity contribution in [2.75, 3.05) is 0 Å². The van der Waals surface area contributed by atoms with Gasteiger partial charge in [0.15, 0.2) is 11.6 Å². The summed E-state index contributed by atoms with van der Waals surface area (Å²) in [6.45, 7) is 5.51. The SMILES string of the molecule is CCc1ccc(C(C)C)c(F)c1F. The van der Waals surface area contributed by atoms with E-state index in [4.69, 9.17) is 0 Å². The minimum atomic E-state index is -0.686. The fourth-order valence-electron chi connectivity index (χ4n) is 1.32. The molecule has 0 aromatic heterocycles. The minimum Gasteiger partial charge on any atom is -0.203 e. The van der Waals surface area contributed by atoms with E-state index >= 15 is 0 Å². The molecule has 1 aromatic rings. The maximum Gasteiger partial charge on any atom is 0.162 e. The van der Waals surface area contributed by atoms with Crippen LogP contribution in [0.2, 0.25) is 0 Å². The van der Waals surface area contributed by atoms with E-state index in [1.54, 1.807) is 12.1 Å². The Labute approximate surface area is 77.6 Å². The highest BCUT2D eigenvalue weighted by Gasteiger charge is 2.13. The lowest BCUT2D eigenvalue weighted by molar-refractivity contribution is 0.486. The Balaban J connectivity index is 3.23. The monoisotopic (exact) mass is 184 g/mol. The maximum absolute atomic E-state index is 13.3. The molecule has 0 saturated carbocycles. The van der Waals surface area contributed by atoms with Crippen molar-refractivity contribution in [2.24, 2.45) is 0 Å². The van der Waals surface area contributed by atoms with Crippen LogP contribution in [-0.2, 0) is 6.42 Å². The van der Waals surface area contributed by atoms with Gasteiger partial charge in [-0.05, 0) is 23.5 Å². The molecule has 0 aliphatic heterocycles. The second-order valence-corrected chi connectivity index (χ2v) is 3.45. The van der Waals surface area contributed by atoms with Crippen LogP contribution >= 0.6 is 0 Å². The molecule has 0 unspecified atom stereocenters. The summed E-state index contributed by atoms with van der Waals surface area (Å²) >= 11 is 0. The van der Waals surface area contributed by atoms with Crippen LogP contribution in [0.3, 0.4) is 0 Å². The molecule has 0 aliphatic rings. The van der Waals surface area contributed by atoms with E-state index in [9.17, 15) is 8.78 Å². The van der Waals surface area contributed by atoms with Gasteiger partial charge in [-0.15, -0.1) is 0 Å². The standard InChI is InChI=1S/C11H14F2/c1-4-8-5-6-9(7(2)3)11(13)10(8)12/h5-7H,4H2,1-3H3. The first-order valence-corrected chi connectivity index (χ1v) is 4.54. The molecule has 1 rings (SSSR count). The van der Waals surface area contributed by atoms with Crippen LogP contribution in [0, 0.1) is 11.6 Å². The molecular formula is C11H14F2. The van der Waals surface area contributed by atoms with Crippen LogP contribution in [0.4, 0.5) is 8.78 Å². The van der Waals surface area contributed by atoms with E-state index in [2.05, 4.69) is 0 Å². The number of hydrogen-bond acceptors (Lipinski definition) is 0. The van der Waals surface area contributed by atoms with Gasteiger partial charge in [0, 0.05) is 0 Å². The van der Waals surface area contributed by atoms with Gasteiger partial charge in [-0.1, -0.05) is 32.9 Å². The second kappa shape index (κ2) is 3.86. The summed E-state index contributed by atoms with van der Waals surface area (Å²) in [5, 5.41) is 0. The highest BCUT2D eigenvalue weighted by Crippen LogP contribution is 2.22. The van der Waals surface area contributed by atoms with Crippen molar-refractivity contribution in [1.82, 2.24) is 0 Å². The smallest absolute Gasteiger partial charge is 0.162 e. The van der Waals surface area contributed by atoms with Crippen molar-refractivity contribution >= 4 is 0 Å². The van der Waals surface area contributed by atoms with Gasteiger partial charge >= 0.3 is 0 Å². The van der Waals surface area contributed by atoms with Crippen molar-refractivity contribution in [2.45, 2.75) is 33.1 Å². The van der Waals surface area contributed by atoms with Crippen molar-refractivity contribution in [3.63, 3.8) is 0 Å². The third kappa shape index (κ3) is 1.87. The third-order valence-electron chi connectivity index (χ3n) is 2.20. The van der Waals surface area contributed by atoms with Crippen molar-refractivity contribution in [3.8, 4) is 0 Å². The molecule has 0 radical (unpaired) electrons. The number of rotatable bonds is 2. The summed E-state index contributed by atoms with van der Waals surface area (Å²) in [6.07, 6.45) is 0.529. The van der Waals surface area contributed by atoms with Gasteiger partial charge in [-0.2, -0.15) is 0 Å². The Morgan fingerprint density at radius 1 is 1.15 bits per heavy atom. The first-order valence-electron chi connectivity index (χ1n) is 4.54. The Bertz CT molecular complexity index is 303. The molecule has 0 heterocycles. The van der Waals surface area contributed by atoms with E-state index in [0.29, 0.717) is 17.5 Å². The normalized spacial score (nSPS) is 10.9. The van der Waals surface area contributed by atoms with Crippen molar-refractivity contribution < 1.29 is 8.78 Å². The van der Waals surface area contributed by atoms with E-state index in [-0.39, 0.29) is 5.92 Å². The van der Waals surface area contributed by atoms with Gasteiger partial charge < -0.3 is 0 Å². The molecule has 0 N–H and O–H groups in total. The summed E-state index contributed by atoms with van der Waals surface area (Å²) in [7, 11) is 0. The summed E-state index contributed by atoms with van der Waals surface area (Å²) in [5.41, 5.74) is 0.900. The first kappa shape index (κ1) is 10.2. The quantitative estimate of drug-likeness (QED) is 0.658. The lowest BCUT2D eigenvalue weighted by atomic mass is 9.99. The van der Waals surface area contributed by atoms with Gasteiger partial charge in [0.1, 0.15) is 0 Å². The number of benzene rings is 1. The van der Waals surface area contributed by atoms with Gasteiger partial charge in [-0.25, -0.2) is 8.78 Å². The first-order chi connectivity index (χ1) is 6.07. The Morgan fingerprint density at radius 3 is 2.23 bits per heavy atom. The topological polar surface area (TPSA) is 0 Å². The van der Waals surface area contributed by atoms with Gasteiger partial charge in [-0.3, -0.25) is 0 Å². The van der Waals surface area contributed by atoms with E-state index < -0.39 is 11.6 Å². The van der Waals surface area contributed by atoms with E-state index in [0.717, 1.165) is 0 Å². The molecule has 72 valence electrons. The van der Waals surface area contributed by atoms with Crippen LogP contribution in [0.15, 0.2) is 12.1 Å². The number of hydrogen-bond donors (Lipinski definition) is 0. The molecule has 0 saturated heterocycles. The van der Waals surface area contributed by atoms with Crippen LogP contribution < -0.4 is 0 Å². The molecule has 2 heteroatoms. The summed E-state index contributed by atoms with van der Waals surface area (Å²) in [4.78, 5) is 0. The molecule has 13 heavy (non-hydrogen) atoms. The highest BCUT2D eigenvalue weighted by molar-refractivity contribution is 5.28. The van der Waals surface area contributed by atoms with Crippen LogP contribution in [-0.4, -0.2) is 0 Å². The van der Waals surface area contributed by atoms with E-state index in [1.807, 2.05) is 20.8 Å². The molecule has 0 nitrogen and oxygen atoms in total. The molecular weight excluding hydrogens is 170 g/mol. The minimum absolute atomic E-state index is 0.0282. The molecule has 0 bridgehead atoms. The van der Waals surface area contributed by atoms with Crippen molar-refractivity contribution in [3.05, 3.63) is 34.9 Å². The van der Waals surface area contributed by atoms with Gasteiger partial charge in [0.25, 0.3) is 0 Å².